The summed E-state index contributed by atoms with van der Waals surface area (Å²) in [4.78, 5) is 17.1. The first-order valence-electron chi connectivity index (χ1n) is 8.51. The lowest BCUT2D eigenvalue weighted by atomic mass is 9.87. The van der Waals surface area contributed by atoms with Crippen LogP contribution in [0.4, 0.5) is 13.6 Å². The van der Waals surface area contributed by atoms with E-state index in [-0.39, 0.29) is 30.3 Å². The third-order valence-corrected chi connectivity index (χ3v) is 4.56. The van der Waals surface area contributed by atoms with Crippen molar-refractivity contribution >= 4 is 6.09 Å². The van der Waals surface area contributed by atoms with Crippen molar-refractivity contribution in [2.75, 3.05) is 13.2 Å². The number of allylic oxidation sites excluding steroid dienone is 3. The average Bonchev–Trinajstić information content (AvgIpc) is 3.30. The number of hydrogen-bond donors (Lipinski definition) is 1. The predicted octanol–water partition coefficient (Wildman–Crippen LogP) is 2.21. The second-order valence-electron chi connectivity index (χ2n) is 6.45. The summed E-state index contributed by atoms with van der Waals surface area (Å²) < 4.78 is 40.3. The Balaban J connectivity index is 1.55. The minimum absolute atomic E-state index is 0.00349. The summed E-state index contributed by atoms with van der Waals surface area (Å²) in [5, 5.41) is 16.6. The van der Waals surface area contributed by atoms with E-state index in [1.54, 1.807) is 6.92 Å². The number of aromatic nitrogens is 3. The molecule has 1 saturated heterocycles. The topological polar surface area (TPSA) is 102 Å². The van der Waals surface area contributed by atoms with Gasteiger partial charge in [-0.15, -0.1) is 10.2 Å². The van der Waals surface area contributed by atoms with Gasteiger partial charge in [-0.3, -0.25) is 9.88 Å². The van der Waals surface area contributed by atoms with Gasteiger partial charge in [-0.05, 0) is 24.3 Å². The third kappa shape index (κ3) is 3.05. The molecule has 3 atom stereocenters. The first-order valence-corrected chi connectivity index (χ1v) is 8.51. The van der Waals surface area contributed by atoms with E-state index in [1.807, 2.05) is 0 Å². The summed E-state index contributed by atoms with van der Waals surface area (Å²) in [6.07, 6.45) is 1.11. The Morgan fingerprint density at radius 3 is 2.79 bits per heavy atom. The number of carbonyl (C=O) groups excluding carboxylic acids is 1. The Labute approximate surface area is 158 Å². The molecule has 4 rings (SSSR count). The van der Waals surface area contributed by atoms with Gasteiger partial charge in [-0.2, -0.15) is 0 Å². The second-order valence-corrected chi connectivity index (χ2v) is 6.45. The zero-order valence-corrected chi connectivity index (χ0v) is 14.7. The van der Waals surface area contributed by atoms with Crippen molar-refractivity contribution in [2.45, 2.75) is 24.9 Å². The normalized spacial score (nSPS) is 27.1. The van der Waals surface area contributed by atoms with Gasteiger partial charge in [0.1, 0.15) is 11.8 Å². The lowest BCUT2D eigenvalue weighted by Crippen LogP contribution is -2.34. The summed E-state index contributed by atoms with van der Waals surface area (Å²) >= 11 is 0. The molecule has 2 unspecified atom stereocenters. The number of pyridine rings is 1. The van der Waals surface area contributed by atoms with E-state index in [0.29, 0.717) is 11.6 Å². The molecule has 0 radical (unpaired) electrons. The predicted molar refractivity (Wildman–Crippen MR) is 91.2 cm³/mol. The van der Waals surface area contributed by atoms with Gasteiger partial charge in [-0.1, -0.05) is 6.07 Å². The van der Waals surface area contributed by atoms with Crippen molar-refractivity contribution in [1.29, 1.82) is 0 Å². The molecule has 10 heteroatoms. The summed E-state index contributed by atoms with van der Waals surface area (Å²) in [5.74, 6) is 0.546. The maximum atomic E-state index is 15.4. The van der Waals surface area contributed by atoms with E-state index in [4.69, 9.17) is 14.3 Å². The van der Waals surface area contributed by atoms with Gasteiger partial charge in [0.25, 0.3) is 5.89 Å². The molecular weight excluding hydrogens is 374 g/mol. The summed E-state index contributed by atoms with van der Waals surface area (Å²) in [6, 6.07) is 2.86. The molecule has 0 aromatic carbocycles. The quantitative estimate of drug-likeness (QED) is 0.854. The van der Waals surface area contributed by atoms with E-state index in [0.717, 1.165) is 17.1 Å². The maximum Gasteiger partial charge on any atom is 0.414 e. The second kappa shape index (κ2) is 6.79. The highest BCUT2D eigenvalue weighted by Crippen LogP contribution is 2.39. The molecule has 2 aromatic heterocycles. The molecule has 1 amide bonds. The maximum absolute atomic E-state index is 15.4. The first kappa shape index (κ1) is 18.2. The van der Waals surface area contributed by atoms with Crippen LogP contribution in [-0.2, 0) is 10.4 Å². The monoisotopic (exact) mass is 390 g/mol. The number of hydrogen-bond acceptors (Lipinski definition) is 7. The molecule has 2 aliphatic rings. The van der Waals surface area contributed by atoms with Gasteiger partial charge in [-0.25, -0.2) is 13.6 Å². The smallest absolute Gasteiger partial charge is 0.414 e. The van der Waals surface area contributed by atoms with Gasteiger partial charge >= 0.3 is 6.09 Å². The van der Waals surface area contributed by atoms with Crippen molar-refractivity contribution < 1.29 is 27.8 Å². The molecule has 0 spiro atoms. The third-order valence-electron chi connectivity index (χ3n) is 4.56. The number of alkyl halides is 2. The van der Waals surface area contributed by atoms with Crippen LogP contribution >= 0.6 is 0 Å². The van der Waals surface area contributed by atoms with Gasteiger partial charge < -0.3 is 14.3 Å². The Morgan fingerprint density at radius 2 is 2.21 bits per heavy atom. The van der Waals surface area contributed by atoms with E-state index in [9.17, 15) is 9.18 Å². The number of nitrogens with zero attached hydrogens (tertiary/aromatic N) is 4. The standard InChI is InChI=1S/C18H16F2N4O4/c1-10-22-23-16(27-10)14-3-2-11(7-21-14)18(20)5-4-12(6-15(18)19)24-8-13(9-25)28-17(24)26/h2-7,13,15,25H,8-9H2,1H3/t13-,15?,18?/m1/s1. The van der Waals surface area contributed by atoms with Crippen LogP contribution in [-0.4, -0.2) is 56.7 Å². The van der Waals surface area contributed by atoms with Gasteiger partial charge in [0.15, 0.2) is 11.8 Å². The number of ether oxygens (including phenoxy) is 1. The number of rotatable bonds is 4. The fourth-order valence-electron chi connectivity index (χ4n) is 3.04. The van der Waals surface area contributed by atoms with Crippen LogP contribution in [0.1, 0.15) is 11.5 Å². The minimum atomic E-state index is -2.44. The zero-order chi connectivity index (χ0) is 19.9. The molecule has 146 valence electrons. The summed E-state index contributed by atoms with van der Waals surface area (Å²) in [7, 11) is 0. The molecule has 1 aliphatic heterocycles. The van der Waals surface area contributed by atoms with Crippen LogP contribution in [0.25, 0.3) is 11.6 Å². The lowest BCUT2D eigenvalue weighted by molar-refractivity contribution is 0.0950. The fraction of sp³-hybridized carbons (Fsp3) is 0.333. The van der Waals surface area contributed by atoms with Gasteiger partial charge in [0.05, 0.1) is 13.2 Å². The first-order chi connectivity index (χ1) is 13.4. The average molecular weight is 390 g/mol. The van der Waals surface area contributed by atoms with Crippen molar-refractivity contribution in [3.63, 3.8) is 0 Å². The number of aliphatic hydroxyl groups is 1. The highest BCUT2D eigenvalue weighted by molar-refractivity contribution is 5.73. The van der Waals surface area contributed by atoms with Crippen LogP contribution in [0.3, 0.4) is 0 Å². The van der Waals surface area contributed by atoms with Crippen LogP contribution in [0.5, 0.6) is 0 Å². The van der Waals surface area contributed by atoms with E-state index >= 15 is 4.39 Å². The van der Waals surface area contributed by atoms with Crippen LogP contribution in [0, 0.1) is 6.92 Å². The summed E-state index contributed by atoms with van der Waals surface area (Å²) in [5.41, 5.74) is -1.93. The highest BCUT2D eigenvalue weighted by atomic mass is 19.2. The van der Waals surface area contributed by atoms with Crippen molar-refractivity contribution in [1.82, 2.24) is 20.1 Å². The van der Waals surface area contributed by atoms with E-state index < -0.39 is 24.0 Å². The molecule has 0 saturated carbocycles. The van der Waals surface area contributed by atoms with E-state index in [1.165, 1.54) is 24.4 Å². The largest absolute Gasteiger partial charge is 0.441 e. The van der Waals surface area contributed by atoms with Crippen molar-refractivity contribution in [3.8, 4) is 11.6 Å². The van der Waals surface area contributed by atoms with Crippen molar-refractivity contribution in [3.05, 3.63) is 53.7 Å². The molecule has 1 aliphatic carbocycles. The van der Waals surface area contributed by atoms with Crippen LogP contribution in [0.2, 0.25) is 0 Å². The molecule has 1 N–H and O–H groups in total. The van der Waals surface area contributed by atoms with Crippen LogP contribution in [0.15, 0.2) is 46.7 Å². The Hall–Kier alpha value is -3.14. The number of aliphatic hydroxyl groups excluding tert-OH is 1. The Morgan fingerprint density at radius 1 is 1.39 bits per heavy atom. The number of cyclic esters (lactones) is 1. The van der Waals surface area contributed by atoms with Gasteiger partial charge in [0, 0.05) is 24.4 Å². The van der Waals surface area contributed by atoms with Crippen molar-refractivity contribution in [2.24, 2.45) is 0 Å². The highest BCUT2D eigenvalue weighted by Gasteiger charge is 2.43. The van der Waals surface area contributed by atoms with Gasteiger partial charge in [0.2, 0.25) is 5.89 Å². The molecule has 2 aromatic rings. The molecular formula is C18H16F2N4O4. The Kier molecular flexibility index (Phi) is 4.42. The van der Waals surface area contributed by atoms with Crippen LogP contribution < -0.4 is 0 Å². The fourth-order valence-corrected chi connectivity index (χ4v) is 3.04. The molecule has 0 bridgehead atoms. The van der Waals surface area contributed by atoms with E-state index in [2.05, 4.69) is 15.2 Å². The number of amides is 1. The zero-order valence-electron chi connectivity index (χ0n) is 14.7. The Bertz CT molecular complexity index is 959. The SMILES string of the molecule is Cc1nnc(-c2ccc(C3(F)C=CC(N4C[C@H](CO)OC4=O)=CC3F)cn2)o1. The summed E-state index contributed by atoms with van der Waals surface area (Å²) in [6.45, 7) is 1.35. The number of aryl methyl sites for hydroxylation is 1. The minimum Gasteiger partial charge on any atom is -0.441 e. The molecule has 3 heterocycles. The number of halogens is 2. The molecule has 8 nitrogen and oxygen atoms in total. The number of carbonyl (C=O) groups is 1. The lowest BCUT2D eigenvalue weighted by Gasteiger charge is -2.29. The molecule has 1 fully saturated rings. The molecule has 28 heavy (non-hydrogen) atoms.